The minimum Gasteiger partial charge on any atom is -0.343 e. The summed E-state index contributed by atoms with van der Waals surface area (Å²) in [6.07, 6.45) is 8.97. The number of para-hydroxylation sites is 2. The maximum absolute atomic E-state index is 2.37. The number of hydrogen-bond acceptors (Lipinski definition) is 0. The zero-order valence-electron chi connectivity index (χ0n) is 23.5. The molecular formula is C38H33N2+. The summed E-state index contributed by atoms with van der Waals surface area (Å²) in [5.41, 5.74) is 11.6. The molecule has 0 bridgehead atoms. The quantitative estimate of drug-likeness (QED) is 0.163. The van der Waals surface area contributed by atoms with Crippen LogP contribution in [0.3, 0.4) is 0 Å². The molecule has 0 fully saturated rings. The Morgan fingerprint density at radius 2 is 1.27 bits per heavy atom. The number of nitrogens with zero attached hydrogens (tertiary/aromatic N) is 2. The number of hydrogen-bond donors (Lipinski definition) is 0. The molecule has 2 heterocycles. The van der Waals surface area contributed by atoms with Gasteiger partial charge in [0.15, 0.2) is 5.71 Å². The van der Waals surface area contributed by atoms with Gasteiger partial charge in [-0.1, -0.05) is 109 Å². The molecule has 1 aliphatic carbocycles. The van der Waals surface area contributed by atoms with E-state index in [9.17, 15) is 0 Å². The van der Waals surface area contributed by atoms with Crippen LogP contribution >= 0.6 is 0 Å². The Hall–Kier alpha value is -4.69. The Kier molecular flexibility index (Phi) is 5.61. The van der Waals surface area contributed by atoms with Crippen molar-refractivity contribution in [1.29, 1.82) is 0 Å². The highest BCUT2D eigenvalue weighted by Crippen LogP contribution is 2.48. The van der Waals surface area contributed by atoms with Gasteiger partial charge in [0, 0.05) is 52.3 Å². The third kappa shape index (κ3) is 3.53. The highest BCUT2D eigenvalue weighted by atomic mass is 15.0. The van der Waals surface area contributed by atoms with Crippen LogP contribution in [0, 0.1) is 0 Å². The van der Waals surface area contributed by atoms with Crippen molar-refractivity contribution >= 4 is 39.2 Å². The zero-order chi connectivity index (χ0) is 27.4. The lowest BCUT2D eigenvalue weighted by atomic mass is 9.81. The molecule has 0 atom stereocenters. The predicted octanol–water partition coefficient (Wildman–Crippen LogP) is 9.38. The van der Waals surface area contributed by atoms with Crippen LogP contribution in [-0.4, -0.2) is 21.9 Å². The van der Waals surface area contributed by atoms with Gasteiger partial charge >= 0.3 is 0 Å². The van der Waals surface area contributed by atoms with Gasteiger partial charge in [-0.15, -0.1) is 0 Å². The minimum atomic E-state index is -0.0364. The number of aromatic nitrogens is 1. The second-order valence-electron chi connectivity index (χ2n) is 11.3. The first-order chi connectivity index (χ1) is 19.5. The summed E-state index contributed by atoms with van der Waals surface area (Å²) < 4.78 is 4.70. The Labute approximate surface area is 236 Å². The summed E-state index contributed by atoms with van der Waals surface area (Å²) in [6.45, 7) is 4.63. The number of benzene rings is 4. The van der Waals surface area contributed by atoms with Crippen molar-refractivity contribution < 1.29 is 4.58 Å². The van der Waals surface area contributed by atoms with Gasteiger partial charge in [0.05, 0.1) is 11.1 Å². The first kappa shape index (κ1) is 24.4. The van der Waals surface area contributed by atoms with Crippen LogP contribution in [0.15, 0.2) is 121 Å². The Bertz CT molecular complexity index is 1980. The molecule has 0 saturated heterocycles. The highest BCUT2D eigenvalue weighted by molar-refractivity contribution is 6.18. The molecule has 7 rings (SSSR count). The summed E-state index contributed by atoms with van der Waals surface area (Å²) >= 11 is 0. The van der Waals surface area contributed by atoms with Crippen LogP contribution in [-0.2, 0) is 12.5 Å². The number of rotatable bonds is 4. The van der Waals surface area contributed by atoms with Crippen molar-refractivity contribution in [2.45, 2.75) is 19.3 Å². The van der Waals surface area contributed by atoms with E-state index in [1.807, 2.05) is 0 Å². The molecule has 2 nitrogen and oxygen atoms in total. The summed E-state index contributed by atoms with van der Waals surface area (Å²) in [4.78, 5) is 0. The molecule has 3 aliphatic rings. The highest BCUT2D eigenvalue weighted by Gasteiger charge is 2.42. The molecular weight excluding hydrogens is 484 g/mol. The standard InChI is InChI=1S/C38H33N2/c1-38(2)31-22-12-14-24-33(31)39(3)34(38)25-15-11-20-29-27-18-8-9-19-28(27)36-35(26-16-6-5-7-17-26)30-21-10-13-23-32(30)40(4)37(29)36/h5-25H,1-4H3/q+1. The van der Waals surface area contributed by atoms with Crippen LogP contribution in [0.25, 0.3) is 50.1 Å². The SMILES string of the molecule is Cn1c2c(/C=C/C=C/C3=[N+](C)c4ccccc4C3(C)C)c3ccccc3c-2c(-c2ccccc2)c2ccccc21. The molecule has 40 heavy (non-hydrogen) atoms. The van der Waals surface area contributed by atoms with Crippen molar-refractivity contribution in [2.75, 3.05) is 7.05 Å². The topological polar surface area (TPSA) is 7.94 Å². The maximum atomic E-state index is 2.37. The molecule has 0 saturated carbocycles. The lowest BCUT2D eigenvalue weighted by Gasteiger charge is -2.20. The van der Waals surface area contributed by atoms with E-state index in [2.05, 4.69) is 165 Å². The van der Waals surface area contributed by atoms with Gasteiger partial charge in [0.1, 0.15) is 7.05 Å². The summed E-state index contributed by atoms with van der Waals surface area (Å²) in [5, 5.41) is 3.85. The third-order valence-electron chi connectivity index (χ3n) is 8.73. The van der Waals surface area contributed by atoms with E-state index < -0.39 is 0 Å². The lowest BCUT2D eigenvalue weighted by Crippen LogP contribution is -2.26. The lowest BCUT2D eigenvalue weighted by molar-refractivity contribution is -0.401. The van der Waals surface area contributed by atoms with Gasteiger partial charge in [-0.25, -0.2) is 0 Å². The van der Waals surface area contributed by atoms with Crippen molar-refractivity contribution in [1.82, 2.24) is 4.57 Å². The molecule has 4 aromatic carbocycles. The van der Waals surface area contributed by atoms with Crippen molar-refractivity contribution in [3.8, 4) is 22.4 Å². The number of fused-ring (bicyclic) bond motifs is 5. The molecule has 194 valence electrons. The fraction of sp³-hybridized carbons (Fsp3) is 0.132. The van der Waals surface area contributed by atoms with E-state index in [1.54, 1.807) is 0 Å². The van der Waals surface area contributed by atoms with E-state index in [-0.39, 0.29) is 5.41 Å². The van der Waals surface area contributed by atoms with Crippen molar-refractivity contribution in [3.63, 3.8) is 0 Å². The molecule has 4 aromatic rings. The van der Waals surface area contributed by atoms with Crippen LogP contribution in [0.1, 0.15) is 25.0 Å². The number of allylic oxidation sites excluding steroid dienone is 3. The van der Waals surface area contributed by atoms with Crippen LogP contribution in [0.5, 0.6) is 0 Å². The molecule has 0 amide bonds. The Balaban J connectivity index is 1.41. The van der Waals surface area contributed by atoms with E-state index in [0.29, 0.717) is 0 Å². The second-order valence-corrected chi connectivity index (χ2v) is 11.3. The molecule has 0 spiro atoms. The summed E-state index contributed by atoms with van der Waals surface area (Å²) in [6, 6.07) is 37.2. The summed E-state index contributed by atoms with van der Waals surface area (Å²) in [7, 11) is 4.37. The van der Waals surface area contributed by atoms with Crippen molar-refractivity contribution in [2.24, 2.45) is 7.05 Å². The smallest absolute Gasteiger partial charge is 0.209 e. The molecule has 2 heteroatoms. The van der Waals surface area contributed by atoms with Crippen LogP contribution in [0.4, 0.5) is 5.69 Å². The van der Waals surface area contributed by atoms with E-state index in [0.717, 1.165) is 0 Å². The van der Waals surface area contributed by atoms with E-state index in [4.69, 9.17) is 0 Å². The minimum absolute atomic E-state index is 0.0364. The second kappa shape index (κ2) is 9.20. The van der Waals surface area contributed by atoms with Gasteiger partial charge in [-0.2, -0.15) is 4.58 Å². The summed E-state index contributed by atoms with van der Waals surface area (Å²) in [5.74, 6) is 0. The van der Waals surface area contributed by atoms with Crippen molar-refractivity contribution in [3.05, 3.63) is 132 Å². The zero-order valence-corrected chi connectivity index (χ0v) is 23.5. The van der Waals surface area contributed by atoms with Gasteiger partial charge < -0.3 is 4.57 Å². The average Bonchev–Trinajstić information content (AvgIpc) is 3.41. The molecule has 0 aromatic heterocycles. The van der Waals surface area contributed by atoms with Gasteiger partial charge in [0.25, 0.3) is 0 Å². The first-order valence-corrected chi connectivity index (χ1v) is 14.0. The van der Waals surface area contributed by atoms with Gasteiger partial charge in [-0.05, 0) is 36.2 Å². The van der Waals surface area contributed by atoms with Gasteiger partial charge in [0.2, 0.25) is 5.69 Å². The maximum Gasteiger partial charge on any atom is 0.209 e. The first-order valence-electron chi connectivity index (χ1n) is 14.0. The normalized spacial score (nSPS) is 14.9. The largest absolute Gasteiger partial charge is 0.343 e. The van der Waals surface area contributed by atoms with Gasteiger partial charge in [-0.3, -0.25) is 0 Å². The van der Waals surface area contributed by atoms with Crippen LogP contribution < -0.4 is 0 Å². The number of aryl methyl sites for hydroxylation is 1. The predicted molar refractivity (Wildman–Crippen MR) is 171 cm³/mol. The average molecular weight is 518 g/mol. The van der Waals surface area contributed by atoms with E-state index >= 15 is 0 Å². The van der Waals surface area contributed by atoms with Crippen LogP contribution in [0.2, 0.25) is 0 Å². The monoisotopic (exact) mass is 517 g/mol. The number of pyridine rings is 1. The Morgan fingerprint density at radius 3 is 2.05 bits per heavy atom. The fourth-order valence-electron chi connectivity index (χ4n) is 6.83. The molecule has 0 radical (unpaired) electrons. The Morgan fingerprint density at radius 1 is 0.650 bits per heavy atom. The molecule has 2 aliphatic heterocycles. The third-order valence-corrected chi connectivity index (χ3v) is 8.73. The fourth-order valence-corrected chi connectivity index (χ4v) is 6.83. The molecule has 0 N–H and O–H groups in total. The molecule has 0 unspecified atom stereocenters. The van der Waals surface area contributed by atoms with E-state index in [1.165, 1.54) is 66.6 Å².